The van der Waals surface area contributed by atoms with E-state index in [4.69, 9.17) is 0 Å². The number of fused-ring (bicyclic) bond motifs is 1. The maximum Gasteiger partial charge on any atom is 0.261 e. The molecule has 0 aliphatic heterocycles. The summed E-state index contributed by atoms with van der Waals surface area (Å²) in [5.74, 6) is 0.00281. The fourth-order valence-electron chi connectivity index (χ4n) is 2.68. The second-order valence-electron chi connectivity index (χ2n) is 5.32. The largest absolute Gasteiger partial charge is 0.508 e. The number of phenols is 1. The van der Waals surface area contributed by atoms with Crippen LogP contribution in [-0.2, 0) is 16.4 Å². The van der Waals surface area contributed by atoms with Crippen LogP contribution in [0.15, 0.2) is 47.4 Å². The van der Waals surface area contributed by atoms with Gasteiger partial charge in [-0.15, -0.1) is 0 Å². The van der Waals surface area contributed by atoms with Crippen LogP contribution in [0.2, 0.25) is 0 Å². The van der Waals surface area contributed by atoms with Crippen LogP contribution in [0.5, 0.6) is 5.75 Å². The number of allylic oxidation sites excluding steroid dienone is 2. The second-order valence-corrected chi connectivity index (χ2v) is 7.00. The molecule has 1 aliphatic rings. The average Bonchev–Trinajstić information content (AvgIpc) is 2.95. The van der Waals surface area contributed by atoms with Crippen LogP contribution < -0.4 is 4.72 Å². The summed E-state index contributed by atoms with van der Waals surface area (Å²) in [6.07, 6.45) is 2.32. The van der Waals surface area contributed by atoms with Gasteiger partial charge in [-0.2, -0.15) is 5.26 Å². The summed E-state index contributed by atoms with van der Waals surface area (Å²) in [6, 6.07) is 11.0. The Hall–Kier alpha value is -2.78. The molecule has 23 heavy (non-hydrogen) atoms. The van der Waals surface area contributed by atoms with Crippen LogP contribution in [0.3, 0.4) is 0 Å². The summed E-state index contributed by atoms with van der Waals surface area (Å²) in [5, 5.41) is 18.5. The Bertz CT molecular complexity index is 953. The number of nitriles is 1. The molecule has 2 aromatic rings. The zero-order valence-corrected chi connectivity index (χ0v) is 13.2. The third-order valence-corrected chi connectivity index (χ3v) is 5.19. The molecule has 0 spiro atoms. The SMILES string of the molecule is Cc1ccc(NS(=O)(=O)c2ccc(O)cc2)c2c1C(C#N)=CC2. The minimum atomic E-state index is -3.76. The fraction of sp³-hybridized carbons (Fsp3) is 0.118. The first-order valence-electron chi connectivity index (χ1n) is 6.97. The van der Waals surface area contributed by atoms with Gasteiger partial charge in [0.05, 0.1) is 22.2 Å². The van der Waals surface area contributed by atoms with E-state index in [0.29, 0.717) is 17.7 Å². The lowest BCUT2D eigenvalue weighted by atomic mass is 9.99. The highest BCUT2D eigenvalue weighted by molar-refractivity contribution is 7.92. The van der Waals surface area contributed by atoms with Crippen LogP contribution in [0.4, 0.5) is 5.69 Å². The summed E-state index contributed by atoms with van der Waals surface area (Å²) in [5.41, 5.74) is 3.60. The van der Waals surface area contributed by atoms with Gasteiger partial charge in [0.2, 0.25) is 0 Å². The topological polar surface area (TPSA) is 90.2 Å². The van der Waals surface area contributed by atoms with Gasteiger partial charge in [-0.25, -0.2) is 8.42 Å². The van der Waals surface area contributed by atoms with Crippen molar-refractivity contribution in [3.8, 4) is 11.8 Å². The molecule has 6 heteroatoms. The minimum Gasteiger partial charge on any atom is -0.508 e. The van der Waals surface area contributed by atoms with Crippen molar-refractivity contribution in [1.29, 1.82) is 5.26 Å². The number of benzene rings is 2. The Balaban J connectivity index is 2.01. The second kappa shape index (κ2) is 5.45. The van der Waals surface area contributed by atoms with Crippen molar-refractivity contribution in [3.05, 3.63) is 59.2 Å². The van der Waals surface area contributed by atoms with Crippen molar-refractivity contribution in [2.75, 3.05) is 4.72 Å². The first-order chi connectivity index (χ1) is 10.9. The van der Waals surface area contributed by atoms with Gasteiger partial charge in [0.15, 0.2) is 0 Å². The number of aryl methyl sites for hydroxylation is 1. The van der Waals surface area contributed by atoms with E-state index >= 15 is 0 Å². The van der Waals surface area contributed by atoms with Gasteiger partial charge < -0.3 is 5.11 Å². The molecular weight excluding hydrogens is 312 g/mol. The predicted octanol–water partition coefficient (Wildman–Crippen LogP) is 2.96. The van der Waals surface area contributed by atoms with Crippen molar-refractivity contribution < 1.29 is 13.5 Å². The Morgan fingerprint density at radius 3 is 2.52 bits per heavy atom. The number of phenolic OH excluding ortho intramolecular Hbond substituents is 1. The maximum absolute atomic E-state index is 12.5. The number of sulfonamides is 1. The van der Waals surface area contributed by atoms with Gasteiger partial charge in [0.25, 0.3) is 10.0 Å². The molecule has 0 amide bonds. The van der Waals surface area contributed by atoms with E-state index in [1.807, 2.05) is 6.92 Å². The van der Waals surface area contributed by atoms with Gasteiger partial charge >= 0.3 is 0 Å². The van der Waals surface area contributed by atoms with Gasteiger partial charge in [-0.1, -0.05) is 12.1 Å². The quantitative estimate of drug-likeness (QED) is 0.907. The van der Waals surface area contributed by atoms with E-state index in [1.165, 1.54) is 24.3 Å². The van der Waals surface area contributed by atoms with Crippen molar-refractivity contribution in [2.45, 2.75) is 18.2 Å². The average molecular weight is 326 g/mol. The smallest absolute Gasteiger partial charge is 0.261 e. The molecule has 1 aliphatic carbocycles. The van der Waals surface area contributed by atoms with Crippen molar-refractivity contribution in [1.82, 2.24) is 0 Å². The summed E-state index contributed by atoms with van der Waals surface area (Å²) >= 11 is 0. The number of aromatic hydroxyl groups is 1. The number of nitrogens with zero attached hydrogens (tertiary/aromatic N) is 1. The molecular formula is C17H14N2O3S. The van der Waals surface area contributed by atoms with E-state index in [9.17, 15) is 18.8 Å². The number of hydrogen-bond acceptors (Lipinski definition) is 4. The van der Waals surface area contributed by atoms with E-state index in [1.54, 1.807) is 18.2 Å². The van der Waals surface area contributed by atoms with Crippen LogP contribution in [0, 0.1) is 18.3 Å². The zero-order chi connectivity index (χ0) is 16.6. The Labute approximate surface area is 134 Å². The summed E-state index contributed by atoms with van der Waals surface area (Å²) < 4.78 is 27.5. The molecule has 0 saturated carbocycles. The number of nitrogens with one attached hydrogen (secondary N) is 1. The zero-order valence-electron chi connectivity index (χ0n) is 12.4. The molecule has 0 bridgehead atoms. The summed E-state index contributed by atoms with van der Waals surface area (Å²) in [6.45, 7) is 1.90. The maximum atomic E-state index is 12.5. The Morgan fingerprint density at radius 1 is 1.17 bits per heavy atom. The van der Waals surface area contributed by atoms with E-state index < -0.39 is 10.0 Å². The normalized spacial score (nSPS) is 13.1. The monoisotopic (exact) mass is 326 g/mol. The first-order valence-corrected chi connectivity index (χ1v) is 8.45. The molecule has 3 rings (SSSR count). The minimum absolute atomic E-state index is 0.00281. The molecule has 0 atom stereocenters. The highest BCUT2D eigenvalue weighted by Crippen LogP contribution is 2.35. The van der Waals surface area contributed by atoms with Crippen LogP contribution in [0.25, 0.3) is 5.57 Å². The molecule has 0 saturated heterocycles. The summed E-state index contributed by atoms with van der Waals surface area (Å²) in [7, 11) is -3.76. The van der Waals surface area contributed by atoms with Crippen molar-refractivity contribution in [3.63, 3.8) is 0 Å². The van der Waals surface area contributed by atoms with Gasteiger partial charge in [-0.3, -0.25) is 4.72 Å². The molecule has 116 valence electrons. The molecule has 0 unspecified atom stereocenters. The van der Waals surface area contributed by atoms with Crippen molar-refractivity contribution >= 4 is 21.3 Å². The Kier molecular flexibility index (Phi) is 3.58. The van der Waals surface area contributed by atoms with Gasteiger partial charge in [0.1, 0.15) is 5.75 Å². The molecule has 0 fully saturated rings. The standard InChI is InChI=1S/C17H14N2O3S/c1-11-2-9-16(15-8-3-12(10-18)17(11)15)19-23(21,22)14-6-4-13(20)5-7-14/h2-7,9,19-20H,8H2,1H3. The molecule has 2 aromatic carbocycles. The molecule has 0 radical (unpaired) electrons. The predicted molar refractivity (Wildman–Crippen MR) is 87.4 cm³/mol. The van der Waals surface area contributed by atoms with Gasteiger partial charge in [0, 0.05) is 5.56 Å². The Morgan fingerprint density at radius 2 is 1.87 bits per heavy atom. The molecule has 5 nitrogen and oxygen atoms in total. The highest BCUT2D eigenvalue weighted by atomic mass is 32.2. The third-order valence-electron chi connectivity index (χ3n) is 3.81. The van der Waals surface area contributed by atoms with E-state index in [-0.39, 0.29) is 10.6 Å². The lowest BCUT2D eigenvalue weighted by Crippen LogP contribution is -2.14. The van der Waals surface area contributed by atoms with Crippen LogP contribution in [0.1, 0.15) is 16.7 Å². The number of rotatable bonds is 3. The number of hydrogen-bond donors (Lipinski definition) is 2. The van der Waals surface area contributed by atoms with Crippen LogP contribution in [-0.4, -0.2) is 13.5 Å². The fourth-order valence-corrected chi connectivity index (χ4v) is 3.78. The molecule has 2 N–H and O–H groups in total. The first kappa shape index (κ1) is 15.1. The molecule has 0 heterocycles. The van der Waals surface area contributed by atoms with Crippen molar-refractivity contribution in [2.24, 2.45) is 0 Å². The van der Waals surface area contributed by atoms with Gasteiger partial charge in [-0.05, 0) is 54.8 Å². The third kappa shape index (κ3) is 2.67. The lowest BCUT2D eigenvalue weighted by molar-refractivity contribution is 0.475. The van der Waals surface area contributed by atoms with E-state index in [0.717, 1.165) is 16.7 Å². The molecule has 0 aromatic heterocycles. The van der Waals surface area contributed by atoms with Crippen LogP contribution >= 0.6 is 0 Å². The van der Waals surface area contributed by atoms with E-state index in [2.05, 4.69) is 10.8 Å². The lowest BCUT2D eigenvalue weighted by Gasteiger charge is -2.14. The number of anilines is 1. The highest BCUT2D eigenvalue weighted by Gasteiger charge is 2.22. The summed E-state index contributed by atoms with van der Waals surface area (Å²) in [4.78, 5) is 0.0658.